The molecule has 2 amide bonds. The lowest BCUT2D eigenvalue weighted by Crippen LogP contribution is -2.37. The third-order valence-corrected chi connectivity index (χ3v) is 3.72. The molecule has 2 rings (SSSR count). The molecule has 0 spiro atoms. The number of rotatable bonds is 11. The normalized spacial score (nSPS) is 11.4. The highest BCUT2D eigenvalue weighted by Crippen LogP contribution is 2.16. The summed E-state index contributed by atoms with van der Waals surface area (Å²) in [5.74, 6) is 0.155. The third kappa shape index (κ3) is 8.70. The van der Waals surface area contributed by atoms with E-state index in [0.717, 1.165) is 0 Å². The number of benzene rings is 1. The number of aliphatic hydroxyl groups excluding tert-OH is 1. The van der Waals surface area contributed by atoms with Crippen molar-refractivity contribution in [3.8, 4) is 11.6 Å². The van der Waals surface area contributed by atoms with Gasteiger partial charge in [0, 0.05) is 30.4 Å². The van der Waals surface area contributed by atoms with Crippen LogP contribution in [-0.4, -0.2) is 54.3 Å². The van der Waals surface area contributed by atoms with Crippen molar-refractivity contribution in [3.63, 3.8) is 0 Å². The number of aliphatic hydroxyl groups is 1. The predicted molar refractivity (Wildman–Crippen MR) is 103 cm³/mol. The molecule has 0 saturated carbocycles. The highest BCUT2D eigenvalue weighted by atomic mass is 35.5. The molecule has 0 saturated heterocycles. The van der Waals surface area contributed by atoms with Crippen LogP contribution in [0.2, 0.25) is 5.02 Å². The van der Waals surface area contributed by atoms with Crippen LogP contribution in [0.5, 0.6) is 11.6 Å². The number of aromatic nitrogens is 1. The van der Waals surface area contributed by atoms with Crippen molar-refractivity contribution in [3.05, 3.63) is 53.7 Å². The molecule has 0 aliphatic carbocycles. The molecule has 9 heteroatoms. The van der Waals surface area contributed by atoms with Gasteiger partial charge in [-0.25, -0.2) is 4.98 Å². The molecule has 1 aromatic carbocycles. The van der Waals surface area contributed by atoms with Gasteiger partial charge in [-0.1, -0.05) is 23.7 Å². The Morgan fingerprint density at radius 3 is 2.61 bits per heavy atom. The summed E-state index contributed by atoms with van der Waals surface area (Å²) >= 11 is 5.83. The van der Waals surface area contributed by atoms with Crippen LogP contribution in [0.15, 0.2) is 48.7 Å². The quantitative estimate of drug-likeness (QED) is 0.516. The van der Waals surface area contributed by atoms with E-state index >= 15 is 0 Å². The lowest BCUT2D eigenvalue weighted by Gasteiger charge is -2.13. The zero-order valence-electron chi connectivity index (χ0n) is 15.1. The summed E-state index contributed by atoms with van der Waals surface area (Å²) in [5.41, 5.74) is 0. The second-order valence-corrected chi connectivity index (χ2v) is 6.24. The maximum absolute atomic E-state index is 11.7. The van der Waals surface area contributed by atoms with Gasteiger partial charge < -0.3 is 25.2 Å². The Hall–Kier alpha value is -2.84. The van der Waals surface area contributed by atoms with E-state index in [1.807, 2.05) is 0 Å². The number of hydrogen-bond acceptors (Lipinski definition) is 6. The first-order valence-electron chi connectivity index (χ1n) is 8.66. The van der Waals surface area contributed by atoms with Crippen LogP contribution in [0.1, 0.15) is 6.42 Å². The van der Waals surface area contributed by atoms with Crippen molar-refractivity contribution in [1.29, 1.82) is 0 Å². The zero-order chi connectivity index (χ0) is 20.2. The van der Waals surface area contributed by atoms with Crippen LogP contribution >= 0.6 is 11.6 Å². The van der Waals surface area contributed by atoms with Gasteiger partial charge in [0.2, 0.25) is 5.88 Å². The van der Waals surface area contributed by atoms with Crippen LogP contribution in [0.25, 0.3) is 0 Å². The van der Waals surface area contributed by atoms with Gasteiger partial charge in [-0.3, -0.25) is 9.59 Å². The number of amides is 2. The number of ether oxygens (including phenoxy) is 2. The Bertz CT molecular complexity index is 760. The highest BCUT2D eigenvalue weighted by Gasteiger charge is 2.09. The first kappa shape index (κ1) is 21.5. The van der Waals surface area contributed by atoms with Gasteiger partial charge in [0.15, 0.2) is 13.2 Å². The van der Waals surface area contributed by atoms with Crippen LogP contribution in [0.3, 0.4) is 0 Å². The molecule has 0 aliphatic rings. The van der Waals surface area contributed by atoms with E-state index in [1.54, 1.807) is 48.7 Å². The van der Waals surface area contributed by atoms with Gasteiger partial charge in [-0.05, 0) is 30.7 Å². The van der Waals surface area contributed by atoms with Gasteiger partial charge in [-0.2, -0.15) is 0 Å². The summed E-state index contributed by atoms with van der Waals surface area (Å²) in [6, 6.07) is 11.9. The zero-order valence-corrected chi connectivity index (χ0v) is 15.9. The van der Waals surface area contributed by atoms with Crippen LogP contribution in [0, 0.1) is 0 Å². The van der Waals surface area contributed by atoms with Crippen molar-refractivity contribution >= 4 is 23.4 Å². The molecule has 0 bridgehead atoms. The van der Waals surface area contributed by atoms with Gasteiger partial charge in [0.25, 0.3) is 11.8 Å². The second kappa shape index (κ2) is 11.8. The molecule has 2 aromatic rings. The SMILES string of the molecule is O=C(COc1cccc(Cl)c1)NC[C@@H](O)CCNC(=O)COc1ccccn1. The molecule has 1 atom stereocenters. The third-order valence-electron chi connectivity index (χ3n) is 3.49. The number of nitrogens with zero attached hydrogens (tertiary/aromatic N) is 1. The van der Waals surface area contributed by atoms with Crippen LogP contribution < -0.4 is 20.1 Å². The first-order chi connectivity index (χ1) is 13.5. The largest absolute Gasteiger partial charge is 0.484 e. The maximum atomic E-state index is 11.7. The van der Waals surface area contributed by atoms with Crippen molar-refractivity contribution in [2.75, 3.05) is 26.3 Å². The summed E-state index contributed by atoms with van der Waals surface area (Å²) in [6.07, 6.45) is 1.05. The summed E-state index contributed by atoms with van der Waals surface area (Å²) in [7, 11) is 0. The molecular formula is C19H22ClN3O5. The second-order valence-electron chi connectivity index (χ2n) is 5.80. The number of pyridine rings is 1. The van der Waals surface area contributed by atoms with E-state index in [2.05, 4.69) is 15.6 Å². The van der Waals surface area contributed by atoms with E-state index < -0.39 is 6.10 Å². The maximum Gasteiger partial charge on any atom is 0.258 e. The summed E-state index contributed by atoms with van der Waals surface area (Å²) in [4.78, 5) is 27.3. The highest BCUT2D eigenvalue weighted by molar-refractivity contribution is 6.30. The molecule has 150 valence electrons. The fraction of sp³-hybridized carbons (Fsp3) is 0.316. The predicted octanol–water partition coefficient (Wildman–Crippen LogP) is 1.18. The van der Waals surface area contributed by atoms with Crippen LogP contribution in [0.4, 0.5) is 0 Å². The van der Waals surface area contributed by atoms with Crippen molar-refractivity contribution < 1.29 is 24.2 Å². The number of halogens is 1. The Morgan fingerprint density at radius 2 is 1.86 bits per heavy atom. The molecule has 1 aromatic heterocycles. The van der Waals surface area contributed by atoms with Crippen molar-refractivity contribution in [1.82, 2.24) is 15.6 Å². The molecule has 3 N–H and O–H groups in total. The lowest BCUT2D eigenvalue weighted by atomic mass is 10.2. The summed E-state index contributed by atoms with van der Waals surface area (Å²) < 4.78 is 10.5. The average Bonchev–Trinajstić information content (AvgIpc) is 2.70. The van der Waals surface area contributed by atoms with Gasteiger partial charge in [0.1, 0.15) is 5.75 Å². The van der Waals surface area contributed by atoms with Gasteiger partial charge >= 0.3 is 0 Å². The molecule has 0 radical (unpaired) electrons. The Balaban J connectivity index is 1.53. The van der Waals surface area contributed by atoms with Gasteiger partial charge in [0.05, 0.1) is 6.10 Å². The minimum Gasteiger partial charge on any atom is -0.484 e. The van der Waals surface area contributed by atoms with E-state index in [0.29, 0.717) is 16.7 Å². The summed E-state index contributed by atoms with van der Waals surface area (Å²) in [6.45, 7) is -0.0438. The standard InChI is InChI=1S/C19H22ClN3O5/c20-14-4-3-5-16(10-14)27-12-18(26)23-11-15(24)7-9-21-17(25)13-28-19-6-1-2-8-22-19/h1-6,8,10,15,24H,7,9,11-13H2,(H,21,25)(H,23,26)/t15-/m0/s1. The molecule has 0 fully saturated rings. The topological polar surface area (TPSA) is 110 Å². The van der Waals surface area contributed by atoms with E-state index in [-0.39, 0.29) is 44.5 Å². The minimum atomic E-state index is -0.799. The fourth-order valence-electron chi connectivity index (χ4n) is 2.09. The van der Waals surface area contributed by atoms with E-state index in [4.69, 9.17) is 21.1 Å². The van der Waals surface area contributed by atoms with E-state index in [1.165, 1.54) is 0 Å². The number of carbonyl (C=O) groups is 2. The molecule has 8 nitrogen and oxygen atoms in total. The molecule has 0 aliphatic heterocycles. The summed E-state index contributed by atoms with van der Waals surface area (Å²) in [5, 5.41) is 15.6. The molecule has 0 unspecified atom stereocenters. The Morgan fingerprint density at radius 1 is 1.07 bits per heavy atom. The fourth-order valence-corrected chi connectivity index (χ4v) is 2.27. The number of nitrogens with one attached hydrogen (secondary N) is 2. The van der Waals surface area contributed by atoms with Crippen molar-refractivity contribution in [2.24, 2.45) is 0 Å². The van der Waals surface area contributed by atoms with Gasteiger partial charge in [-0.15, -0.1) is 0 Å². The molecule has 1 heterocycles. The van der Waals surface area contributed by atoms with Crippen LogP contribution in [-0.2, 0) is 9.59 Å². The first-order valence-corrected chi connectivity index (χ1v) is 9.04. The smallest absolute Gasteiger partial charge is 0.258 e. The minimum absolute atomic E-state index is 0.0536. The molecule has 28 heavy (non-hydrogen) atoms. The number of hydrogen-bond donors (Lipinski definition) is 3. The number of carbonyl (C=O) groups excluding carboxylic acids is 2. The van der Waals surface area contributed by atoms with Crippen molar-refractivity contribution in [2.45, 2.75) is 12.5 Å². The molecular weight excluding hydrogens is 386 g/mol. The Labute approximate surface area is 167 Å². The Kier molecular flexibility index (Phi) is 9.03. The average molecular weight is 408 g/mol. The lowest BCUT2D eigenvalue weighted by molar-refractivity contribution is -0.124. The monoisotopic (exact) mass is 407 g/mol. The van der Waals surface area contributed by atoms with E-state index in [9.17, 15) is 14.7 Å².